The van der Waals surface area contributed by atoms with Crippen LogP contribution < -0.4 is 0 Å². The van der Waals surface area contributed by atoms with Gasteiger partial charge in [-0.1, -0.05) is 327 Å². The molecule has 0 aliphatic carbocycles. The molecule has 83 heavy (non-hydrogen) atoms. The molecule has 0 bridgehead atoms. The van der Waals surface area contributed by atoms with E-state index in [1.165, 1.54) is 128 Å². The standard InChI is InChI=1S/C77H126O6/c1-4-7-10-13-16-19-22-25-28-30-32-34-36-37-38-39-41-42-44-46-49-52-55-58-61-64-67-70-76(79)82-73-74(72-81-75(78)69-66-63-60-57-54-51-48-27-24-21-18-15-12-9-6-3)83-77(80)71-68-65-62-59-56-53-50-47-45-43-40-35-33-31-29-26-23-20-17-14-11-8-5-2/h7,9-10,12,16,18-19,21,25,27-28,32,34,37-38,41-42,46,48-49,54,57,63,66,74H,4-6,8,11,13-15,17,20,22-24,26,29-31,33,35-36,39-40,43-45,47,50-53,55-56,58-62,64-65,67-73H2,1-3H3/b10-7-,12-9-,19-16-,21-18-,28-25-,34-32-,38-37-,42-41-,48-27-,49-46-,57-54-,66-63-. The molecule has 0 aromatic carbocycles. The fourth-order valence-electron chi connectivity index (χ4n) is 9.32. The second kappa shape index (κ2) is 69.8. The molecule has 0 saturated carbocycles. The Labute approximate surface area is 512 Å². The fraction of sp³-hybridized carbons (Fsp3) is 0.649. The summed E-state index contributed by atoms with van der Waals surface area (Å²) in [7, 11) is 0. The molecule has 0 amide bonds. The van der Waals surface area contributed by atoms with E-state index in [9.17, 15) is 14.4 Å². The molecular formula is C77H126O6. The van der Waals surface area contributed by atoms with Gasteiger partial charge in [0, 0.05) is 12.8 Å². The van der Waals surface area contributed by atoms with Crippen molar-refractivity contribution in [2.24, 2.45) is 0 Å². The Bertz CT molecular complexity index is 1800. The molecule has 0 aliphatic rings. The van der Waals surface area contributed by atoms with Crippen molar-refractivity contribution in [2.45, 2.75) is 309 Å². The number of hydrogen-bond acceptors (Lipinski definition) is 6. The molecule has 1 unspecified atom stereocenters. The second-order valence-corrected chi connectivity index (χ2v) is 22.3. The summed E-state index contributed by atoms with van der Waals surface area (Å²) in [6.45, 7) is 6.33. The molecule has 1 atom stereocenters. The summed E-state index contributed by atoms with van der Waals surface area (Å²) in [6, 6.07) is 0. The predicted octanol–water partition coefficient (Wildman–Crippen LogP) is 23.9. The first-order valence-electron chi connectivity index (χ1n) is 34.3. The zero-order valence-electron chi connectivity index (χ0n) is 53.9. The minimum Gasteiger partial charge on any atom is -0.462 e. The van der Waals surface area contributed by atoms with E-state index in [1.807, 2.05) is 6.08 Å². The summed E-state index contributed by atoms with van der Waals surface area (Å²) < 4.78 is 16.8. The molecule has 0 saturated heterocycles. The van der Waals surface area contributed by atoms with Crippen LogP contribution in [0.3, 0.4) is 0 Å². The summed E-state index contributed by atoms with van der Waals surface area (Å²) in [5.74, 6) is -1.07. The summed E-state index contributed by atoms with van der Waals surface area (Å²) in [5.41, 5.74) is 0. The highest BCUT2D eigenvalue weighted by molar-refractivity contribution is 5.72. The summed E-state index contributed by atoms with van der Waals surface area (Å²) in [5, 5.41) is 0. The molecular weight excluding hydrogens is 1020 g/mol. The maximum absolute atomic E-state index is 12.9. The van der Waals surface area contributed by atoms with Gasteiger partial charge in [-0.15, -0.1) is 0 Å². The van der Waals surface area contributed by atoms with Crippen LogP contribution in [0.1, 0.15) is 303 Å². The molecule has 0 N–H and O–H groups in total. The highest BCUT2D eigenvalue weighted by atomic mass is 16.6. The molecule has 0 heterocycles. The van der Waals surface area contributed by atoms with Gasteiger partial charge in [0.15, 0.2) is 6.10 Å². The number of carbonyl (C=O) groups is 3. The quantitative estimate of drug-likeness (QED) is 0.0261. The topological polar surface area (TPSA) is 78.9 Å². The van der Waals surface area contributed by atoms with Crippen LogP contribution in [0.4, 0.5) is 0 Å². The lowest BCUT2D eigenvalue weighted by molar-refractivity contribution is -0.166. The average Bonchev–Trinajstić information content (AvgIpc) is 3.49. The number of hydrogen-bond donors (Lipinski definition) is 0. The van der Waals surface area contributed by atoms with Crippen LogP contribution in [0, 0.1) is 0 Å². The van der Waals surface area contributed by atoms with E-state index in [0.29, 0.717) is 12.8 Å². The lowest BCUT2D eigenvalue weighted by Gasteiger charge is -2.18. The monoisotopic (exact) mass is 1150 g/mol. The Kier molecular flexibility index (Phi) is 65.8. The zero-order chi connectivity index (χ0) is 59.9. The van der Waals surface area contributed by atoms with Crippen molar-refractivity contribution in [1.82, 2.24) is 0 Å². The van der Waals surface area contributed by atoms with Crippen molar-refractivity contribution >= 4 is 17.9 Å². The second-order valence-electron chi connectivity index (χ2n) is 22.3. The Morgan fingerprint density at radius 2 is 0.518 bits per heavy atom. The van der Waals surface area contributed by atoms with E-state index in [2.05, 4.69) is 154 Å². The van der Waals surface area contributed by atoms with Crippen molar-refractivity contribution < 1.29 is 28.6 Å². The van der Waals surface area contributed by atoms with Gasteiger partial charge in [0.1, 0.15) is 13.2 Å². The van der Waals surface area contributed by atoms with Crippen molar-refractivity contribution in [2.75, 3.05) is 13.2 Å². The third-order valence-corrected chi connectivity index (χ3v) is 14.4. The number of rotatable bonds is 61. The van der Waals surface area contributed by atoms with Gasteiger partial charge in [-0.3, -0.25) is 14.4 Å². The first kappa shape index (κ1) is 78.3. The molecule has 0 aromatic rings. The van der Waals surface area contributed by atoms with Crippen molar-refractivity contribution in [3.05, 3.63) is 146 Å². The molecule has 0 fully saturated rings. The highest BCUT2D eigenvalue weighted by Crippen LogP contribution is 2.17. The van der Waals surface area contributed by atoms with Gasteiger partial charge in [0.2, 0.25) is 0 Å². The Morgan fingerprint density at radius 3 is 0.843 bits per heavy atom. The maximum Gasteiger partial charge on any atom is 0.309 e. The van der Waals surface area contributed by atoms with Crippen LogP contribution in [0.15, 0.2) is 146 Å². The van der Waals surface area contributed by atoms with Crippen molar-refractivity contribution in [3.8, 4) is 0 Å². The van der Waals surface area contributed by atoms with Gasteiger partial charge >= 0.3 is 17.9 Å². The number of esters is 3. The van der Waals surface area contributed by atoms with Gasteiger partial charge in [-0.2, -0.15) is 0 Å². The minimum absolute atomic E-state index is 0.119. The minimum atomic E-state index is -0.833. The van der Waals surface area contributed by atoms with Crippen LogP contribution in [0.5, 0.6) is 0 Å². The molecule has 0 radical (unpaired) electrons. The third kappa shape index (κ3) is 68.0. The molecule has 470 valence electrons. The van der Waals surface area contributed by atoms with Crippen LogP contribution in [-0.4, -0.2) is 37.2 Å². The largest absolute Gasteiger partial charge is 0.462 e. The molecule has 6 heteroatoms. The number of unbranched alkanes of at least 4 members (excludes halogenated alkanes) is 27. The molecule has 0 rings (SSSR count). The third-order valence-electron chi connectivity index (χ3n) is 14.4. The van der Waals surface area contributed by atoms with Gasteiger partial charge < -0.3 is 14.2 Å². The van der Waals surface area contributed by atoms with Gasteiger partial charge in [0.25, 0.3) is 0 Å². The Balaban J connectivity index is 4.45. The molecule has 0 aliphatic heterocycles. The summed E-state index contributed by atoms with van der Waals surface area (Å²) in [6.07, 6.45) is 100. The van der Waals surface area contributed by atoms with E-state index < -0.39 is 12.1 Å². The normalized spacial score (nSPS) is 13.0. The molecule has 6 nitrogen and oxygen atoms in total. The lowest BCUT2D eigenvalue weighted by atomic mass is 10.0. The van der Waals surface area contributed by atoms with Crippen molar-refractivity contribution in [3.63, 3.8) is 0 Å². The van der Waals surface area contributed by atoms with E-state index in [1.54, 1.807) is 6.08 Å². The average molecular weight is 1150 g/mol. The fourth-order valence-corrected chi connectivity index (χ4v) is 9.32. The van der Waals surface area contributed by atoms with E-state index in [-0.39, 0.29) is 31.6 Å². The van der Waals surface area contributed by atoms with Gasteiger partial charge in [-0.25, -0.2) is 0 Å². The first-order chi connectivity index (χ1) is 41.0. The van der Waals surface area contributed by atoms with E-state index in [0.717, 1.165) is 135 Å². The van der Waals surface area contributed by atoms with E-state index in [4.69, 9.17) is 14.2 Å². The van der Waals surface area contributed by atoms with Crippen molar-refractivity contribution in [1.29, 1.82) is 0 Å². The van der Waals surface area contributed by atoms with Crippen LogP contribution in [0.25, 0.3) is 0 Å². The lowest BCUT2D eigenvalue weighted by Crippen LogP contribution is -2.30. The number of allylic oxidation sites excluding steroid dienone is 23. The van der Waals surface area contributed by atoms with Crippen LogP contribution >= 0.6 is 0 Å². The Hall–Kier alpha value is -4.71. The van der Waals surface area contributed by atoms with Gasteiger partial charge in [0.05, 0.1) is 6.42 Å². The summed E-state index contributed by atoms with van der Waals surface area (Å²) >= 11 is 0. The van der Waals surface area contributed by atoms with E-state index >= 15 is 0 Å². The highest BCUT2D eigenvalue weighted by Gasteiger charge is 2.19. The van der Waals surface area contributed by atoms with Gasteiger partial charge in [-0.05, 0) is 103 Å². The predicted molar refractivity (Wildman–Crippen MR) is 362 cm³/mol. The first-order valence-corrected chi connectivity index (χ1v) is 34.3. The smallest absolute Gasteiger partial charge is 0.309 e. The maximum atomic E-state index is 12.9. The number of ether oxygens (including phenoxy) is 3. The van der Waals surface area contributed by atoms with Crippen LogP contribution in [-0.2, 0) is 28.6 Å². The molecule has 0 spiro atoms. The Morgan fingerprint density at radius 1 is 0.265 bits per heavy atom. The SMILES string of the molecule is CC/C=C\C/C=C\C/C=C\C/C=C\C/C=C\C/C=C\C/C=C\CCCCCCCC(=O)OCC(COC(=O)C/C=C\C/C=C\C/C=C\C/C=C\C/C=C\CC)OC(=O)CCCCCCCCCCCCCCCCCCCCCCCCC. The zero-order valence-corrected chi connectivity index (χ0v) is 53.9. The molecule has 0 aromatic heterocycles. The summed E-state index contributed by atoms with van der Waals surface area (Å²) in [4.78, 5) is 38.4. The van der Waals surface area contributed by atoms with Crippen LogP contribution in [0.2, 0.25) is 0 Å². The number of carbonyl (C=O) groups excluding carboxylic acids is 3.